The van der Waals surface area contributed by atoms with Crippen molar-refractivity contribution in [1.82, 2.24) is 14.3 Å². The van der Waals surface area contributed by atoms with Gasteiger partial charge in [-0.3, -0.25) is 0 Å². The molecule has 0 unspecified atom stereocenters. The van der Waals surface area contributed by atoms with Crippen molar-refractivity contribution in [3.63, 3.8) is 0 Å². The number of hydrogen-bond donors (Lipinski definition) is 1. The fraction of sp³-hybridized carbons (Fsp3) is 0.0690. The maximum Gasteiger partial charge on any atom is 0.416 e. The lowest BCUT2D eigenvalue weighted by Crippen LogP contribution is -2.06. The lowest BCUT2D eigenvalue weighted by Gasteiger charge is -2.10. The van der Waals surface area contributed by atoms with Crippen LogP contribution in [0.3, 0.4) is 0 Å². The van der Waals surface area contributed by atoms with Gasteiger partial charge < -0.3 is 10.3 Å². The monoisotopic (exact) mass is 508 g/mol. The molecule has 0 radical (unpaired) electrons. The molecule has 186 valence electrons. The van der Waals surface area contributed by atoms with Crippen molar-refractivity contribution in [3.05, 3.63) is 113 Å². The Kier molecular flexibility index (Phi) is 6.20. The summed E-state index contributed by atoms with van der Waals surface area (Å²) in [6.07, 6.45) is -1.05. The summed E-state index contributed by atoms with van der Waals surface area (Å²) >= 11 is 0. The summed E-state index contributed by atoms with van der Waals surface area (Å²) in [4.78, 5) is 0. The van der Waals surface area contributed by atoms with E-state index in [1.165, 1.54) is 10.7 Å². The zero-order valence-corrected chi connectivity index (χ0v) is 19.8. The van der Waals surface area contributed by atoms with E-state index in [0.717, 1.165) is 23.0 Å². The summed E-state index contributed by atoms with van der Waals surface area (Å²) in [5, 5.41) is 25.1. The Morgan fingerprint density at radius 1 is 0.974 bits per heavy atom. The molecule has 3 aromatic carbocycles. The van der Waals surface area contributed by atoms with Gasteiger partial charge in [-0.05, 0) is 42.0 Å². The summed E-state index contributed by atoms with van der Waals surface area (Å²) in [5.41, 5.74) is 8.41. The van der Waals surface area contributed by atoms with Gasteiger partial charge in [-0.2, -0.15) is 28.8 Å². The number of nitriles is 2. The molecule has 0 fully saturated rings. The van der Waals surface area contributed by atoms with Crippen molar-refractivity contribution in [2.24, 2.45) is 0 Å². The number of rotatable bonds is 5. The summed E-state index contributed by atoms with van der Waals surface area (Å²) in [6, 6.07) is 25.8. The van der Waals surface area contributed by atoms with Gasteiger partial charge in [-0.25, -0.2) is 4.68 Å². The fourth-order valence-corrected chi connectivity index (χ4v) is 4.37. The second-order valence-electron chi connectivity index (χ2n) is 8.57. The summed E-state index contributed by atoms with van der Waals surface area (Å²) in [6.45, 7) is 0.194. The van der Waals surface area contributed by atoms with Crippen LogP contribution >= 0.6 is 0 Å². The number of nitrogens with two attached hydrogens (primary N) is 1. The van der Waals surface area contributed by atoms with Crippen LogP contribution in [0.4, 0.5) is 19.0 Å². The minimum absolute atomic E-state index is 0.0781. The first-order valence-electron chi connectivity index (χ1n) is 11.5. The van der Waals surface area contributed by atoms with Crippen LogP contribution in [0.25, 0.3) is 28.2 Å². The number of aromatic nitrogens is 3. The SMILES string of the molecule is N#C/C(=C\c1cn(Cc2cccc(C(F)(F)F)c2)c2ccccc12)c1nn(-c2ccccc2)c(N)c1C#N. The molecule has 38 heavy (non-hydrogen) atoms. The van der Waals surface area contributed by atoms with Crippen molar-refractivity contribution in [3.8, 4) is 17.8 Å². The van der Waals surface area contributed by atoms with Gasteiger partial charge in [0.05, 0.1) is 16.8 Å². The van der Waals surface area contributed by atoms with E-state index in [0.29, 0.717) is 16.8 Å². The Morgan fingerprint density at radius 3 is 2.42 bits per heavy atom. The van der Waals surface area contributed by atoms with E-state index in [-0.39, 0.29) is 29.2 Å². The van der Waals surface area contributed by atoms with Gasteiger partial charge in [0, 0.05) is 29.2 Å². The van der Waals surface area contributed by atoms with Crippen LogP contribution in [0.2, 0.25) is 0 Å². The first-order valence-corrected chi connectivity index (χ1v) is 11.5. The molecule has 0 saturated carbocycles. The normalized spacial score (nSPS) is 11.9. The van der Waals surface area contributed by atoms with E-state index in [2.05, 4.69) is 11.2 Å². The first-order chi connectivity index (χ1) is 18.3. The van der Waals surface area contributed by atoms with Crippen LogP contribution in [-0.2, 0) is 12.7 Å². The molecule has 9 heteroatoms. The smallest absolute Gasteiger partial charge is 0.382 e. The molecule has 2 aromatic heterocycles. The van der Waals surface area contributed by atoms with Gasteiger partial charge in [-0.1, -0.05) is 48.5 Å². The second kappa shape index (κ2) is 9.64. The molecule has 0 saturated heterocycles. The molecule has 0 spiro atoms. The molecule has 2 N–H and O–H groups in total. The number of anilines is 1. The molecule has 0 aliphatic carbocycles. The van der Waals surface area contributed by atoms with E-state index >= 15 is 0 Å². The van der Waals surface area contributed by atoms with E-state index < -0.39 is 11.7 Å². The molecule has 0 aliphatic heterocycles. The van der Waals surface area contributed by atoms with Crippen molar-refractivity contribution in [2.45, 2.75) is 12.7 Å². The largest absolute Gasteiger partial charge is 0.416 e. The average Bonchev–Trinajstić information content (AvgIpc) is 3.44. The van der Waals surface area contributed by atoms with E-state index in [9.17, 15) is 23.7 Å². The number of nitrogens with zero attached hydrogens (tertiary/aromatic N) is 5. The zero-order valence-electron chi connectivity index (χ0n) is 19.8. The minimum Gasteiger partial charge on any atom is -0.382 e. The zero-order chi connectivity index (χ0) is 26.9. The van der Waals surface area contributed by atoms with E-state index in [1.807, 2.05) is 53.1 Å². The van der Waals surface area contributed by atoms with Crippen LogP contribution in [0.5, 0.6) is 0 Å². The molecule has 0 bridgehead atoms. The van der Waals surface area contributed by atoms with E-state index in [4.69, 9.17) is 5.73 Å². The van der Waals surface area contributed by atoms with Gasteiger partial charge >= 0.3 is 6.18 Å². The van der Waals surface area contributed by atoms with Gasteiger partial charge in [0.2, 0.25) is 0 Å². The third kappa shape index (κ3) is 4.49. The molecule has 5 aromatic rings. The Morgan fingerprint density at radius 2 is 1.71 bits per heavy atom. The highest BCUT2D eigenvalue weighted by molar-refractivity contribution is 5.98. The number of allylic oxidation sites excluding steroid dienone is 1. The highest BCUT2D eigenvalue weighted by Gasteiger charge is 2.30. The Hall–Kier alpha value is -5.28. The molecule has 5 rings (SSSR count). The third-order valence-electron chi connectivity index (χ3n) is 6.14. The van der Waals surface area contributed by atoms with Crippen molar-refractivity contribution in [2.75, 3.05) is 5.73 Å². The van der Waals surface area contributed by atoms with Crippen molar-refractivity contribution >= 4 is 28.4 Å². The standard InChI is InChI=1S/C29H19F3N6/c30-29(31,32)22-8-6-7-19(13-22)17-37-18-21(24-11-4-5-12-26(24)37)14-20(15-33)27-25(16-34)28(35)38(36-27)23-9-2-1-3-10-23/h1-14,18H,17,35H2/b20-14+. The van der Waals surface area contributed by atoms with Gasteiger partial charge in [0.15, 0.2) is 0 Å². The third-order valence-corrected chi connectivity index (χ3v) is 6.14. The van der Waals surface area contributed by atoms with Crippen LogP contribution in [-0.4, -0.2) is 14.3 Å². The molecule has 0 aliphatic rings. The first kappa shape index (κ1) is 24.4. The predicted molar refractivity (Wildman–Crippen MR) is 139 cm³/mol. The quantitative estimate of drug-likeness (QED) is 0.277. The molecule has 6 nitrogen and oxygen atoms in total. The highest BCUT2D eigenvalue weighted by atomic mass is 19.4. The average molecular weight is 509 g/mol. The predicted octanol–water partition coefficient (Wildman–Crippen LogP) is 6.41. The molecule has 0 atom stereocenters. The maximum absolute atomic E-state index is 13.2. The summed E-state index contributed by atoms with van der Waals surface area (Å²) in [7, 11) is 0. The lowest BCUT2D eigenvalue weighted by molar-refractivity contribution is -0.137. The van der Waals surface area contributed by atoms with Crippen LogP contribution < -0.4 is 5.73 Å². The number of alkyl halides is 3. The number of halogens is 3. The topological polar surface area (TPSA) is 96.3 Å². The summed E-state index contributed by atoms with van der Waals surface area (Å²) < 4.78 is 42.9. The van der Waals surface area contributed by atoms with Gasteiger partial charge in [0.25, 0.3) is 0 Å². The maximum atomic E-state index is 13.2. The number of hydrogen-bond acceptors (Lipinski definition) is 4. The number of para-hydroxylation sites is 2. The molecular formula is C29H19F3N6. The van der Waals surface area contributed by atoms with Crippen LogP contribution in [0, 0.1) is 22.7 Å². The van der Waals surface area contributed by atoms with Gasteiger partial charge in [-0.15, -0.1) is 0 Å². The Bertz CT molecular complexity index is 1760. The van der Waals surface area contributed by atoms with Crippen molar-refractivity contribution in [1.29, 1.82) is 10.5 Å². The second-order valence-corrected chi connectivity index (χ2v) is 8.57. The van der Waals surface area contributed by atoms with Crippen LogP contribution in [0.1, 0.15) is 27.9 Å². The minimum atomic E-state index is -4.44. The Labute approximate surface area is 215 Å². The van der Waals surface area contributed by atoms with E-state index in [1.54, 1.807) is 30.5 Å². The molecule has 0 amide bonds. The highest BCUT2D eigenvalue weighted by Crippen LogP contribution is 2.32. The fourth-order valence-electron chi connectivity index (χ4n) is 4.37. The number of nitrogen functional groups attached to an aromatic ring is 1. The van der Waals surface area contributed by atoms with Gasteiger partial charge in [0.1, 0.15) is 29.2 Å². The van der Waals surface area contributed by atoms with Crippen LogP contribution in [0.15, 0.2) is 85.1 Å². The Balaban J connectivity index is 1.60. The number of benzene rings is 3. The number of fused-ring (bicyclic) bond motifs is 1. The lowest BCUT2D eigenvalue weighted by atomic mass is 10.1. The van der Waals surface area contributed by atoms with Crippen molar-refractivity contribution < 1.29 is 13.2 Å². The molecular weight excluding hydrogens is 489 g/mol. The molecule has 2 heterocycles. The summed E-state index contributed by atoms with van der Waals surface area (Å²) in [5.74, 6) is 0.113.